The van der Waals surface area contributed by atoms with Crippen LogP contribution in [-0.4, -0.2) is 50.8 Å². The Morgan fingerprint density at radius 3 is 2.94 bits per heavy atom. The quantitative estimate of drug-likeness (QED) is 0.841. The fourth-order valence-corrected chi connectivity index (χ4v) is 2.02. The second-order valence-electron chi connectivity index (χ2n) is 4.29. The maximum absolute atomic E-state index is 11.9. The number of carbonyl (C=O) groups is 1. The summed E-state index contributed by atoms with van der Waals surface area (Å²) in [5, 5.41) is 6.94. The predicted octanol–water partition coefficient (Wildman–Crippen LogP) is 1.10. The molecule has 1 aromatic heterocycles. The molecule has 0 spiro atoms. The summed E-state index contributed by atoms with van der Waals surface area (Å²) >= 11 is 1.78. The lowest BCUT2D eigenvalue weighted by atomic mass is 10.3. The third-order valence-electron chi connectivity index (χ3n) is 2.66. The Morgan fingerprint density at radius 2 is 2.39 bits per heavy atom. The molecule has 0 aliphatic carbocycles. The predicted molar refractivity (Wildman–Crippen MR) is 73.5 cm³/mol. The molecule has 1 N–H and O–H groups in total. The number of nitrogens with zero attached hydrogens (tertiary/aromatic N) is 4. The van der Waals surface area contributed by atoms with E-state index >= 15 is 0 Å². The topological polar surface area (TPSA) is 63.1 Å². The van der Waals surface area contributed by atoms with E-state index in [9.17, 15) is 4.79 Å². The fraction of sp³-hybridized carbons (Fsp3) is 0.727. The molecule has 1 aromatic rings. The number of urea groups is 1. The van der Waals surface area contributed by atoms with Gasteiger partial charge in [-0.15, -0.1) is 0 Å². The van der Waals surface area contributed by atoms with Gasteiger partial charge in [-0.25, -0.2) is 9.78 Å². The summed E-state index contributed by atoms with van der Waals surface area (Å²) in [6.07, 6.45) is 4.53. The van der Waals surface area contributed by atoms with Crippen molar-refractivity contribution in [3.8, 4) is 0 Å². The van der Waals surface area contributed by atoms with Crippen LogP contribution in [0.5, 0.6) is 0 Å². The van der Waals surface area contributed by atoms with Crippen LogP contribution in [0.25, 0.3) is 0 Å². The van der Waals surface area contributed by atoms with Gasteiger partial charge in [0.25, 0.3) is 0 Å². The molecule has 0 saturated carbocycles. The molecule has 0 radical (unpaired) electrons. The SMILES string of the molecule is CSCC[C@@H](C)NC(=O)N(C)Cc1ncnn1C. The highest BCUT2D eigenvalue weighted by atomic mass is 32.2. The first-order valence-corrected chi connectivity index (χ1v) is 7.27. The van der Waals surface area contributed by atoms with E-state index in [1.165, 1.54) is 6.33 Å². The van der Waals surface area contributed by atoms with E-state index in [0.717, 1.165) is 18.0 Å². The number of rotatable bonds is 6. The zero-order valence-electron chi connectivity index (χ0n) is 11.4. The molecule has 0 unspecified atom stereocenters. The van der Waals surface area contributed by atoms with Crippen LogP contribution in [0.3, 0.4) is 0 Å². The van der Waals surface area contributed by atoms with Gasteiger partial charge < -0.3 is 10.2 Å². The second-order valence-corrected chi connectivity index (χ2v) is 5.27. The summed E-state index contributed by atoms with van der Waals surface area (Å²) in [4.78, 5) is 17.6. The van der Waals surface area contributed by atoms with E-state index in [4.69, 9.17) is 0 Å². The zero-order chi connectivity index (χ0) is 13.5. The van der Waals surface area contributed by atoms with E-state index in [2.05, 4.69) is 21.7 Å². The van der Waals surface area contributed by atoms with Gasteiger partial charge in [-0.3, -0.25) is 4.68 Å². The van der Waals surface area contributed by atoms with Crippen molar-refractivity contribution in [2.24, 2.45) is 7.05 Å². The summed E-state index contributed by atoms with van der Waals surface area (Å²) in [6.45, 7) is 2.47. The Labute approximate surface area is 112 Å². The van der Waals surface area contributed by atoms with Crippen molar-refractivity contribution in [3.63, 3.8) is 0 Å². The molecule has 6 nitrogen and oxygen atoms in total. The number of thioether (sulfide) groups is 1. The minimum Gasteiger partial charge on any atom is -0.336 e. The molecule has 18 heavy (non-hydrogen) atoms. The van der Waals surface area contributed by atoms with Crippen molar-refractivity contribution in [2.75, 3.05) is 19.1 Å². The Balaban J connectivity index is 2.39. The van der Waals surface area contributed by atoms with Gasteiger partial charge in [-0.1, -0.05) is 0 Å². The maximum Gasteiger partial charge on any atom is 0.317 e. The van der Waals surface area contributed by atoms with Gasteiger partial charge in [0.15, 0.2) is 0 Å². The van der Waals surface area contributed by atoms with Crippen molar-refractivity contribution in [3.05, 3.63) is 12.2 Å². The Kier molecular flexibility index (Phi) is 5.97. The maximum atomic E-state index is 11.9. The number of aryl methyl sites for hydroxylation is 1. The van der Waals surface area contributed by atoms with Gasteiger partial charge in [-0.2, -0.15) is 16.9 Å². The summed E-state index contributed by atoms with van der Waals surface area (Å²) < 4.78 is 1.67. The van der Waals surface area contributed by atoms with Crippen LogP contribution < -0.4 is 5.32 Å². The first-order valence-electron chi connectivity index (χ1n) is 5.88. The lowest BCUT2D eigenvalue weighted by molar-refractivity contribution is 0.201. The van der Waals surface area contributed by atoms with Crippen LogP contribution in [0.4, 0.5) is 4.79 Å². The Hall–Kier alpha value is -1.24. The van der Waals surface area contributed by atoms with Gasteiger partial charge in [0.1, 0.15) is 12.2 Å². The average molecular weight is 271 g/mol. The average Bonchev–Trinajstić information content (AvgIpc) is 2.72. The van der Waals surface area contributed by atoms with Gasteiger partial charge in [-0.05, 0) is 25.4 Å². The van der Waals surface area contributed by atoms with Crippen molar-refractivity contribution >= 4 is 17.8 Å². The summed E-state index contributed by atoms with van der Waals surface area (Å²) in [5.41, 5.74) is 0. The minimum atomic E-state index is -0.0772. The highest BCUT2D eigenvalue weighted by molar-refractivity contribution is 7.98. The van der Waals surface area contributed by atoms with Crippen molar-refractivity contribution in [1.29, 1.82) is 0 Å². The van der Waals surface area contributed by atoms with E-state index in [-0.39, 0.29) is 12.1 Å². The molecule has 0 aliphatic heterocycles. The smallest absolute Gasteiger partial charge is 0.317 e. The molecular formula is C11H21N5OS. The van der Waals surface area contributed by atoms with E-state index in [1.54, 1.807) is 28.4 Å². The molecule has 0 aliphatic rings. The highest BCUT2D eigenvalue weighted by Crippen LogP contribution is 2.02. The van der Waals surface area contributed by atoms with Crippen LogP contribution in [-0.2, 0) is 13.6 Å². The van der Waals surface area contributed by atoms with E-state index in [1.807, 2.05) is 14.0 Å². The van der Waals surface area contributed by atoms with Crippen molar-refractivity contribution in [2.45, 2.75) is 25.9 Å². The summed E-state index contributed by atoms with van der Waals surface area (Å²) in [5.74, 6) is 1.82. The van der Waals surface area contributed by atoms with Crippen LogP contribution in [0, 0.1) is 0 Å². The van der Waals surface area contributed by atoms with E-state index < -0.39 is 0 Å². The van der Waals surface area contributed by atoms with Gasteiger partial charge in [0.05, 0.1) is 6.54 Å². The van der Waals surface area contributed by atoms with Crippen LogP contribution in [0.2, 0.25) is 0 Å². The van der Waals surface area contributed by atoms with Crippen LogP contribution in [0.1, 0.15) is 19.2 Å². The lowest BCUT2D eigenvalue weighted by Crippen LogP contribution is -2.42. The molecule has 1 heterocycles. The lowest BCUT2D eigenvalue weighted by Gasteiger charge is -2.20. The molecule has 0 aromatic carbocycles. The van der Waals surface area contributed by atoms with Gasteiger partial charge in [0.2, 0.25) is 0 Å². The number of aromatic nitrogens is 3. The highest BCUT2D eigenvalue weighted by Gasteiger charge is 2.13. The zero-order valence-corrected chi connectivity index (χ0v) is 12.2. The molecule has 0 fully saturated rings. The molecule has 2 amide bonds. The number of carbonyl (C=O) groups excluding carboxylic acids is 1. The van der Waals surface area contributed by atoms with Crippen LogP contribution in [0.15, 0.2) is 6.33 Å². The first-order chi connectivity index (χ1) is 8.54. The molecule has 1 atom stereocenters. The summed E-state index contributed by atoms with van der Waals surface area (Å²) in [6, 6.07) is 0.110. The van der Waals surface area contributed by atoms with Crippen LogP contribution >= 0.6 is 11.8 Å². The molecule has 0 saturated heterocycles. The van der Waals surface area contributed by atoms with Crippen molar-refractivity contribution < 1.29 is 4.79 Å². The third kappa shape index (κ3) is 4.56. The molecule has 0 bridgehead atoms. The second kappa shape index (κ2) is 7.25. The summed E-state index contributed by atoms with van der Waals surface area (Å²) in [7, 11) is 3.57. The van der Waals surface area contributed by atoms with E-state index in [0.29, 0.717) is 6.54 Å². The first kappa shape index (κ1) is 14.8. The molecule has 7 heteroatoms. The number of hydrogen-bond donors (Lipinski definition) is 1. The fourth-order valence-electron chi connectivity index (χ4n) is 1.43. The van der Waals surface area contributed by atoms with Gasteiger partial charge >= 0.3 is 6.03 Å². The molecular weight excluding hydrogens is 250 g/mol. The Bertz CT molecular complexity index is 381. The standard InChI is InChI=1S/C11H21N5OS/c1-9(5-6-18-4)14-11(17)15(2)7-10-12-8-13-16(10)3/h8-9H,5-7H2,1-4H3,(H,14,17)/t9-/m1/s1. The Morgan fingerprint density at radius 1 is 1.67 bits per heavy atom. The minimum absolute atomic E-state index is 0.0772. The van der Waals surface area contributed by atoms with Gasteiger partial charge in [0, 0.05) is 20.1 Å². The monoisotopic (exact) mass is 271 g/mol. The molecule has 1 rings (SSSR count). The third-order valence-corrected chi connectivity index (χ3v) is 3.30. The number of nitrogens with one attached hydrogen (secondary N) is 1. The molecule has 102 valence electrons. The number of amides is 2. The normalized spacial score (nSPS) is 12.2. The van der Waals surface area contributed by atoms with Crippen molar-refractivity contribution in [1.82, 2.24) is 25.0 Å². The largest absolute Gasteiger partial charge is 0.336 e. The number of hydrogen-bond acceptors (Lipinski definition) is 4.